The Balaban J connectivity index is 1.34. The van der Waals surface area contributed by atoms with Gasteiger partial charge in [-0.3, -0.25) is 4.79 Å². The summed E-state index contributed by atoms with van der Waals surface area (Å²) in [5.74, 6) is 0.820. The molecule has 1 unspecified atom stereocenters. The molecule has 5 nitrogen and oxygen atoms in total. The van der Waals surface area contributed by atoms with Crippen molar-refractivity contribution >= 4 is 33.4 Å². The maximum atomic E-state index is 13.8. The van der Waals surface area contributed by atoms with Gasteiger partial charge in [0.25, 0.3) is 5.91 Å². The van der Waals surface area contributed by atoms with E-state index in [1.807, 2.05) is 37.3 Å². The first kappa shape index (κ1) is 26.1. The molecule has 38 heavy (non-hydrogen) atoms. The quantitative estimate of drug-likeness (QED) is 0.185. The summed E-state index contributed by atoms with van der Waals surface area (Å²) in [5.41, 5.74) is 6.33. The molecule has 196 valence electrons. The number of halogens is 1. The van der Waals surface area contributed by atoms with Crippen LogP contribution in [0.25, 0.3) is 26.6 Å². The van der Waals surface area contributed by atoms with Crippen molar-refractivity contribution < 1.29 is 23.5 Å². The van der Waals surface area contributed by atoms with E-state index in [-0.39, 0.29) is 18.0 Å². The topological polar surface area (TPSA) is 56.8 Å². The van der Waals surface area contributed by atoms with Gasteiger partial charge in [0.1, 0.15) is 11.6 Å². The van der Waals surface area contributed by atoms with Crippen LogP contribution in [0, 0.1) is 12.7 Å². The van der Waals surface area contributed by atoms with Gasteiger partial charge < -0.3 is 9.47 Å². The molecular formula is C31H30FNO4S. The zero-order chi connectivity index (χ0) is 26.5. The van der Waals surface area contributed by atoms with Crippen LogP contribution in [0.4, 0.5) is 4.39 Å². The standard InChI is InChI=1S/C31H30FNO4S/c1-3-21-9-14-26-27(19-21)38-31(25-15-11-23(32)18-20(25)2)30(26)36-24-12-7-22(8-13-24)10-16-28(34)33-37-29-6-4-5-17-35-29/h7-16,18-19,29H,3-6,17H2,1-2H3,(H,33,34)/b16-10+. The third-order valence-electron chi connectivity index (χ3n) is 6.51. The number of carbonyl (C=O) groups is 1. The van der Waals surface area contributed by atoms with E-state index >= 15 is 0 Å². The van der Waals surface area contributed by atoms with Crippen molar-refractivity contribution in [1.82, 2.24) is 5.48 Å². The zero-order valence-corrected chi connectivity index (χ0v) is 22.3. The van der Waals surface area contributed by atoms with Gasteiger partial charge >= 0.3 is 0 Å². The molecule has 3 aromatic carbocycles. The summed E-state index contributed by atoms with van der Waals surface area (Å²) in [4.78, 5) is 18.4. The Kier molecular flexibility index (Phi) is 8.17. The second-order valence-electron chi connectivity index (χ2n) is 9.29. The molecule has 1 atom stereocenters. The Morgan fingerprint density at radius 2 is 1.97 bits per heavy atom. The van der Waals surface area contributed by atoms with Crippen LogP contribution < -0.4 is 10.2 Å². The van der Waals surface area contributed by atoms with Gasteiger partial charge in [0.15, 0.2) is 12.0 Å². The molecule has 0 aliphatic carbocycles. The number of fused-ring (bicyclic) bond motifs is 1. The van der Waals surface area contributed by atoms with Gasteiger partial charge in [-0.15, -0.1) is 11.3 Å². The molecule has 1 N–H and O–H groups in total. The maximum absolute atomic E-state index is 13.8. The molecule has 1 amide bonds. The summed E-state index contributed by atoms with van der Waals surface area (Å²) < 4.78 is 26.8. The normalized spacial score (nSPS) is 15.7. The number of aryl methyl sites for hydroxylation is 2. The number of amides is 1. The molecule has 2 heterocycles. The van der Waals surface area contributed by atoms with Crippen LogP contribution in [0.5, 0.6) is 11.5 Å². The Bertz CT molecular complexity index is 1460. The van der Waals surface area contributed by atoms with Crippen LogP contribution in [0.2, 0.25) is 0 Å². The van der Waals surface area contributed by atoms with Crippen molar-refractivity contribution in [3.05, 3.63) is 89.2 Å². The van der Waals surface area contributed by atoms with Crippen molar-refractivity contribution in [1.29, 1.82) is 0 Å². The van der Waals surface area contributed by atoms with Gasteiger partial charge in [-0.2, -0.15) is 0 Å². The summed E-state index contributed by atoms with van der Waals surface area (Å²) in [6.45, 7) is 4.69. The minimum absolute atomic E-state index is 0.255. The highest BCUT2D eigenvalue weighted by Crippen LogP contribution is 2.47. The number of nitrogens with one attached hydrogen (secondary N) is 1. The lowest BCUT2D eigenvalue weighted by molar-refractivity contribution is -0.198. The highest BCUT2D eigenvalue weighted by molar-refractivity contribution is 7.22. The van der Waals surface area contributed by atoms with Crippen molar-refractivity contribution in [2.45, 2.75) is 45.8 Å². The Hall–Kier alpha value is -3.52. The summed E-state index contributed by atoms with van der Waals surface area (Å²) in [6, 6.07) is 18.8. The molecular weight excluding hydrogens is 501 g/mol. The van der Waals surface area contributed by atoms with Crippen molar-refractivity contribution in [3.8, 4) is 21.9 Å². The highest BCUT2D eigenvalue weighted by atomic mass is 32.1. The van der Waals surface area contributed by atoms with Crippen LogP contribution in [0.3, 0.4) is 0 Å². The second kappa shape index (κ2) is 11.9. The Morgan fingerprint density at radius 3 is 2.71 bits per heavy atom. The van der Waals surface area contributed by atoms with Crippen LogP contribution in [-0.4, -0.2) is 18.8 Å². The van der Waals surface area contributed by atoms with E-state index < -0.39 is 0 Å². The average Bonchev–Trinajstić information content (AvgIpc) is 3.29. The zero-order valence-electron chi connectivity index (χ0n) is 21.5. The lowest BCUT2D eigenvalue weighted by atomic mass is 10.0. The van der Waals surface area contributed by atoms with Gasteiger partial charge in [0, 0.05) is 29.2 Å². The van der Waals surface area contributed by atoms with Crippen molar-refractivity contribution in [3.63, 3.8) is 0 Å². The van der Waals surface area contributed by atoms with Crippen LogP contribution in [0.15, 0.2) is 66.7 Å². The lowest BCUT2D eigenvalue weighted by Gasteiger charge is -2.21. The van der Waals surface area contributed by atoms with E-state index in [0.717, 1.165) is 63.1 Å². The number of hydroxylamine groups is 1. The number of benzene rings is 3. The van der Waals surface area contributed by atoms with Gasteiger partial charge in [-0.25, -0.2) is 14.7 Å². The maximum Gasteiger partial charge on any atom is 0.267 e. The SMILES string of the molecule is CCc1ccc2c(Oc3ccc(/C=C/C(=O)NOC4CCCCO4)cc3)c(-c3ccc(F)cc3C)sc2c1. The number of ether oxygens (including phenoxy) is 2. The molecule has 1 aliphatic rings. The van der Waals surface area contributed by atoms with Crippen LogP contribution in [-0.2, 0) is 20.8 Å². The van der Waals surface area contributed by atoms with Gasteiger partial charge in [-0.1, -0.05) is 31.2 Å². The molecule has 1 fully saturated rings. The average molecular weight is 532 g/mol. The lowest BCUT2D eigenvalue weighted by Crippen LogP contribution is -2.32. The van der Waals surface area contributed by atoms with E-state index in [9.17, 15) is 9.18 Å². The van der Waals surface area contributed by atoms with Gasteiger partial charge in [-0.05, 0) is 90.9 Å². The summed E-state index contributed by atoms with van der Waals surface area (Å²) >= 11 is 1.65. The van der Waals surface area contributed by atoms with E-state index in [4.69, 9.17) is 14.3 Å². The predicted molar refractivity (Wildman–Crippen MR) is 150 cm³/mol. The van der Waals surface area contributed by atoms with Gasteiger partial charge in [0.2, 0.25) is 0 Å². The van der Waals surface area contributed by atoms with E-state index in [1.165, 1.54) is 17.7 Å². The molecule has 4 aromatic rings. The number of hydrogen-bond acceptors (Lipinski definition) is 5. The van der Waals surface area contributed by atoms with Crippen LogP contribution in [0.1, 0.15) is 42.9 Å². The minimum atomic E-state index is -0.386. The molecule has 1 aromatic heterocycles. The molecule has 5 rings (SSSR count). The molecule has 7 heteroatoms. The third-order valence-corrected chi connectivity index (χ3v) is 7.67. The summed E-state index contributed by atoms with van der Waals surface area (Å²) in [7, 11) is 0. The number of rotatable bonds is 8. The largest absolute Gasteiger partial charge is 0.455 e. The van der Waals surface area contributed by atoms with Gasteiger partial charge in [0.05, 0.1) is 4.88 Å². The summed E-state index contributed by atoms with van der Waals surface area (Å²) in [5, 5.41) is 1.02. The monoisotopic (exact) mass is 531 g/mol. The molecule has 0 radical (unpaired) electrons. The summed E-state index contributed by atoms with van der Waals surface area (Å²) in [6.07, 6.45) is 6.51. The molecule has 0 saturated carbocycles. The fourth-order valence-corrected chi connectivity index (χ4v) is 5.68. The highest BCUT2D eigenvalue weighted by Gasteiger charge is 2.19. The fraction of sp³-hybridized carbons (Fsp3) is 0.258. The van der Waals surface area contributed by atoms with Crippen LogP contribution >= 0.6 is 11.3 Å². The van der Waals surface area contributed by atoms with Crippen molar-refractivity contribution in [2.75, 3.05) is 6.61 Å². The first-order valence-corrected chi connectivity index (χ1v) is 13.7. The smallest absolute Gasteiger partial charge is 0.267 e. The van der Waals surface area contributed by atoms with E-state index in [0.29, 0.717) is 12.4 Å². The fourth-order valence-electron chi connectivity index (χ4n) is 4.40. The first-order chi connectivity index (χ1) is 18.5. The first-order valence-electron chi connectivity index (χ1n) is 12.9. The minimum Gasteiger partial charge on any atom is -0.455 e. The van der Waals surface area contributed by atoms with E-state index in [1.54, 1.807) is 23.5 Å². The number of hydrogen-bond donors (Lipinski definition) is 1. The van der Waals surface area contributed by atoms with E-state index in [2.05, 4.69) is 30.6 Å². The second-order valence-corrected chi connectivity index (χ2v) is 10.3. The number of carbonyl (C=O) groups excluding carboxylic acids is 1. The molecule has 0 spiro atoms. The third kappa shape index (κ3) is 6.13. The molecule has 1 aliphatic heterocycles. The molecule has 1 saturated heterocycles. The number of thiophene rings is 1. The Labute approximate surface area is 225 Å². The van der Waals surface area contributed by atoms with Crippen molar-refractivity contribution in [2.24, 2.45) is 0 Å². The predicted octanol–water partition coefficient (Wildman–Crippen LogP) is 7.96. The Morgan fingerprint density at radius 1 is 1.13 bits per heavy atom. The molecule has 0 bridgehead atoms.